The van der Waals surface area contributed by atoms with Gasteiger partial charge in [-0.05, 0) is 26.3 Å². The molecule has 0 fully saturated rings. The summed E-state index contributed by atoms with van der Waals surface area (Å²) in [5.74, 6) is 1.77. The zero-order valence-corrected chi connectivity index (χ0v) is 12.7. The molecule has 0 saturated heterocycles. The molecule has 0 aliphatic carbocycles. The average Bonchev–Trinajstić information content (AvgIpc) is 3.02. The molecular weight excluding hydrogens is 252 g/mol. The Balaban J connectivity index is 2.23. The van der Waals surface area contributed by atoms with Crippen LogP contribution in [0.2, 0.25) is 0 Å². The van der Waals surface area contributed by atoms with Gasteiger partial charge in [-0.15, -0.1) is 0 Å². The Morgan fingerprint density at radius 2 is 1.90 bits per heavy atom. The Hall–Kier alpha value is -2.04. The highest BCUT2D eigenvalue weighted by atomic mass is 16.3. The normalized spacial score (nSPS) is 14.6. The summed E-state index contributed by atoms with van der Waals surface area (Å²) in [5.41, 5.74) is 6.83. The van der Waals surface area contributed by atoms with Gasteiger partial charge in [0.15, 0.2) is 5.96 Å². The lowest BCUT2D eigenvalue weighted by atomic mass is 10.0. The fourth-order valence-electron chi connectivity index (χ4n) is 2.80. The lowest BCUT2D eigenvalue weighted by Crippen LogP contribution is -2.31. The molecule has 3 rings (SSSR count). The highest BCUT2D eigenvalue weighted by Crippen LogP contribution is 2.32. The summed E-state index contributed by atoms with van der Waals surface area (Å²) in [7, 11) is 2.04. The molecule has 1 aliphatic rings. The van der Waals surface area contributed by atoms with Crippen molar-refractivity contribution >= 4 is 22.7 Å². The Morgan fingerprint density at radius 1 is 1.15 bits per heavy atom. The second kappa shape index (κ2) is 4.51. The fourth-order valence-corrected chi connectivity index (χ4v) is 2.80. The molecule has 106 valence electrons. The van der Waals surface area contributed by atoms with Gasteiger partial charge in [-0.1, -0.05) is 0 Å². The number of oxazole rings is 1. The maximum absolute atomic E-state index is 5.91. The summed E-state index contributed by atoms with van der Waals surface area (Å²) in [6, 6.07) is 0. The fraction of sp³-hybridized carbons (Fsp3) is 0.467. The van der Waals surface area contributed by atoms with Gasteiger partial charge in [0, 0.05) is 17.7 Å². The van der Waals surface area contributed by atoms with Crippen LogP contribution in [0.15, 0.2) is 9.41 Å². The number of hydrogen-bond donors (Lipinski definition) is 2. The van der Waals surface area contributed by atoms with Gasteiger partial charge < -0.3 is 15.1 Å². The van der Waals surface area contributed by atoms with Crippen LogP contribution in [0.25, 0.3) is 11.1 Å². The molecule has 2 N–H and O–H groups in total. The molecule has 0 atom stereocenters. The number of hydrogen-bond acceptors (Lipinski definition) is 4. The highest BCUT2D eigenvalue weighted by Gasteiger charge is 2.25. The molecular formula is C15H21N4O+. The molecule has 1 aliphatic heterocycles. The molecule has 0 spiro atoms. The van der Waals surface area contributed by atoms with Crippen LogP contribution in [0, 0.1) is 27.7 Å². The van der Waals surface area contributed by atoms with Crippen molar-refractivity contribution in [3.63, 3.8) is 0 Å². The highest BCUT2D eigenvalue weighted by molar-refractivity contribution is 5.99. The number of benzene rings is 1. The van der Waals surface area contributed by atoms with Crippen molar-refractivity contribution in [2.75, 3.05) is 18.4 Å². The first-order chi connectivity index (χ1) is 9.50. The van der Waals surface area contributed by atoms with Crippen LogP contribution in [0.1, 0.15) is 22.6 Å². The number of anilines is 1. The summed E-state index contributed by atoms with van der Waals surface area (Å²) < 4.78 is 8.01. The van der Waals surface area contributed by atoms with Crippen LogP contribution in [0.3, 0.4) is 0 Å². The van der Waals surface area contributed by atoms with Crippen LogP contribution < -0.4 is 15.2 Å². The number of nitrogens with one attached hydrogen (secondary N) is 2. The van der Waals surface area contributed by atoms with Crippen LogP contribution in [-0.2, 0) is 7.05 Å². The molecule has 0 saturated carbocycles. The second-order valence-electron chi connectivity index (χ2n) is 5.39. The minimum absolute atomic E-state index is 0.834. The van der Waals surface area contributed by atoms with Crippen molar-refractivity contribution < 1.29 is 8.98 Å². The quantitative estimate of drug-likeness (QED) is 0.780. The summed E-state index contributed by atoms with van der Waals surface area (Å²) in [5, 5.41) is 6.69. The van der Waals surface area contributed by atoms with E-state index < -0.39 is 0 Å². The van der Waals surface area contributed by atoms with Crippen molar-refractivity contribution in [1.82, 2.24) is 5.32 Å². The maximum atomic E-state index is 5.91. The number of rotatable bonds is 1. The molecule has 2 aromatic rings. The van der Waals surface area contributed by atoms with Gasteiger partial charge in [0.05, 0.1) is 19.2 Å². The van der Waals surface area contributed by atoms with Crippen molar-refractivity contribution in [2.24, 2.45) is 12.0 Å². The van der Waals surface area contributed by atoms with Crippen LogP contribution >= 0.6 is 0 Å². The van der Waals surface area contributed by atoms with Gasteiger partial charge in [0.25, 0.3) is 5.52 Å². The third-order valence-electron chi connectivity index (χ3n) is 4.20. The Morgan fingerprint density at radius 3 is 2.55 bits per heavy atom. The monoisotopic (exact) mass is 273 g/mol. The first kappa shape index (κ1) is 13.0. The van der Waals surface area contributed by atoms with E-state index in [2.05, 4.69) is 41.0 Å². The summed E-state index contributed by atoms with van der Waals surface area (Å²) in [6.07, 6.45) is 0. The largest absolute Gasteiger partial charge is 0.401 e. The summed E-state index contributed by atoms with van der Waals surface area (Å²) in [4.78, 5) is 4.41. The molecule has 0 bridgehead atoms. The van der Waals surface area contributed by atoms with Crippen molar-refractivity contribution in [2.45, 2.75) is 27.7 Å². The first-order valence-corrected chi connectivity index (χ1v) is 6.95. The maximum Gasteiger partial charge on any atom is 0.344 e. The van der Waals surface area contributed by atoms with Crippen LogP contribution in [0.5, 0.6) is 0 Å². The smallest absolute Gasteiger partial charge is 0.344 e. The average molecular weight is 273 g/mol. The lowest BCUT2D eigenvalue weighted by molar-refractivity contribution is -0.657. The zero-order valence-electron chi connectivity index (χ0n) is 12.7. The van der Waals surface area contributed by atoms with E-state index in [1.54, 1.807) is 0 Å². The van der Waals surface area contributed by atoms with Gasteiger partial charge in [-0.25, -0.2) is 0 Å². The Labute approximate surface area is 118 Å². The lowest BCUT2D eigenvalue weighted by Gasteiger charge is -2.14. The summed E-state index contributed by atoms with van der Waals surface area (Å²) in [6.45, 7) is 10.1. The van der Waals surface area contributed by atoms with Gasteiger partial charge in [-0.2, -0.15) is 4.57 Å². The van der Waals surface area contributed by atoms with Gasteiger partial charge in [0.2, 0.25) is 5.58 Å². The number of fused-ring (bicyclic) bond motifs is 1. The van der Waals surface area contributed by atoms with E-state index in [0.717, 1.165) is 41.7 Å². The molecule has 1 aromatic carbocycles. The number of aromatic nitrogens is 1. The number of aliphatic imine (C=N–C) groups is 1. The Bertz CT molecular complexity index is 728. The molecule has 0 amide bonds. The topological polar surface area (TPSA) is 53.4 Å². The molecule has 0 radical (unpaired) electrons. The van der Waals surface area contributed by atoms with E-state index in [1.165, 1.54) is 16.7 Å². The number of aryl methyl sites for hydroxylation is 4. The van der Waals surface area contributed by atoms with Crippen LogP contribution in [-0.4, -0.2) is 19.0 Å². The SMILES string of the molecule is Cc1c(NC2=NCCN2)c(C)c2c(oc(C)[n+]2C)c1C. The third-order valence-corrected chi connectivity index (χ3v) is 4.20. The van der Waals surface area contributed by atoms with E-state index in [4.69, 9.17) is 4.42 Å². The van der Waals surface area contributed by atoms with E-state index in [1.807, 2.05) is 14.0 Å². The molecule has 20 heavy (non-hydrogen) atoms. The minimum Gasteiger partial charge on any atom is -0.401 e. The Kier molecular flexibility index (Phi) is 2.92. The number of guanidine groups is 1. The van der Waals surface area contributed by atoms with Gasteiger partial charge in [0.1, 0.15) is 7.05 Å². The van der Waals surface area contributed by atoms with Crippen molar-refractivity contribution in [3.05, 3.63) is 22.6 Å². The molecule has 0 unspecified atom stereocenters. The van der Waals surface area contributed by atoms with Crippen LogP contribution in [0.4, 0.5) is 5.69 Å². The van der Waals surface area contributed by atoms with E-state index in [0.29, 0.717) is 0 Å². The van der Waals surface area contributed by atoms with E-state index in [-0.39, 0.29) is 0 Å². The van der Waals surface area contributed by atoms with Gasteiger partial charge >= 0.3 is 5.89 Å². The molecule has 5 heteroatoms. The van der Waals surface area contributed by atoms with Crippen molar-refractivity contribution in [3.8, 4) is 0 Å². The van der Waals surface area contributed by atoms with E-state index >= 15 is 0 Å². The predicted octanol–water partition coefficient (Wildman–Crippen LogP) is 1.86. The minimum atomic E-state index is 0.834. The second-order valence-corrected chi connectivity index (χ2v) is 5.39. The number of nitrogens with zero attached hydrogens (tertiary/aromatic N) is 2. The first-order valence-electron chi connectivity index (χ1n) is 6.95. The van der Waals surface area contributed by atoms with Crippen molar-refractivity contribution in [1.29, 1.82) is 0 Å². The summed E-state index contributed by atoms with van der Waals surface area (Å²) >= 11 is 0. The van der Waals surface area contributed by atoms with Gasteiger partial charge in [-0.3, -0.25) is 4.99 Å². The third kappa shape index (κ3) is 1.77. The molecule has 5 nitrogen and oxygen atoms in total. The molecule has 2 heterocycles. The standard InChI is InChI=1S/C15H21N4O/c1-8-9(2)14-13(19(5)11(4)20-14)10(3)12(8)18-15-16-6-7-17-15/h6-7H2,1-5H3,(H2,16,17,18)/q+1. The molecule has 1 aromatic heterocycles. The van der Waals surface area contributed by atoms with E-state index in [9.17, 15) is 0 Å². The predicted molar refractivity (Wildman–Crippen MR) is 80.3 cm³/mol. The zero-order chi connectivity index (χ0) is 14.4.